The molecule has 0 saturated carbocycles. The average Bonchev–Trinajstić information content (AvgIpc) is 2.45. The highest BCUT2D eigenvalue weighted by molar-refractivity contribution is 7.16. The standard InChI is InChI=1S/C9H11N3OS/c1-4-6-10-5(2)7-8(11-6)12(3)9(13)14-7/h4H2,1-3H3. The third kappa shape index (κ3) is 1.24. The van der Waals surface area contributed by atoms with Gasteiger partial charge < -0.3 is 0 Å². The largest absolute Gasteiger partial charge is 0.309 e. The van der Waals surface area contributed by atoms with Crippen LogP contribution in [0.2, 0.25) is 0 Å². The number of aromatic nitrogens is 3. The molecule has 0 aromatic carbocycles. The van der Waals surface area contributed by atoms with Crippen LogP contribution in [0.4, 0.5) is 0 Å². The Bertz CT molecular complexity index is 541. The van der Waals surface area contributed by atoms with Crippen LogP contribution in [0.15, 0.2) is 4.79 Å². The molecule has 74 valence electrons. The van der Waals surface area contributed by atoms with Crippen LogP contribution in [0.1, 0.15) is 18.4 Å². The molecule has 0 fully saturated rings. The molecule has 0 spiro atoms. The molecule has 2 heterocycles. The van der Waals surface area contributed by atoms with Gasteiger partial charge in [0.25, 0.3) is 0 Å². The Kier molecular flexibility index (Phi) is 2.11. The van der Waals surface area contributed by atoms with Crippen LogP contribution in [0.5, 0.6) is 0 Å². The smallest absolute Gasteiger partial charge is 0.286 e. The predicted octanol–water partition coefficient (Wildman–Crippen LogP) is 1.26. The predicted molar refractivity (Wildman–Crippen MR) is 56.8 cm³/mol. The molecule has 0 atom stereocenters. The molecule has 4 nitrogen and oxygen atoms in total. The molecule has 0 N–H and O–H groups in total. The van der Waals surface area contributed by atoms with Crippen LogP contribution in [0.3, 0.4) is 0 Å². The van der Waals surface area contributed by atoms with Crippen molar-refractivity contribution in [2.24, 2.45) is 7.05 Å². The van der Waals surface area contributed by atoms with Gasteiger partial charge in [0, 0.05) is 13.5 Å². The Balaban J connectivity index is 2.90. The minimum absolute atomic E-state index is 0.0191. The van der Waals surface area contributed by atoms with E-state index in [2.05, 4.69) is 9.97 Å². The van der Waals surface area contributed by atoms with Crippen molar-refractivity contribution < 1.29 is 0 Å². The second kappa shape index (κ2) is 3.16. The van der Waals surface area contributed by atoms with Gasteiger partial charge in [-0.1, -0.05) is 18.3 Å². The van der Waals surface area contributed by atoms with Crippen molar-refractivity contribution in [2.45, 2.75) is 20.3 Å². The number of hydrogen-bond acceptors (Lipinski definition) is 4. The van der Waals surface area contributed by atoms with Crippen LogP contribution < -0.4 is 4.87 Å². The first-order valence-electron chi connectivity index (χ1n) is 4.46. The highest BCUT2D eigenvalue weighted by Gasteiger charge is 2.10. The summed E-state index contributed by atoms with van der Waals surface area (Å²) in [7, 11) is 1.74. The van der Waals surface area contributed by atoms with Crippen LogP contribution in [-0.4, -0.2) is 14.5 Å². The lowest BCUT2D eigenvalue weighted by atomic mass is 10.4. The molecule has 0 radical (unpaired) electrons. The molecule has 0 aliphatic carbocycles. The third-order valence-corrected chi connectivity index (χ3v) is 3.29. The number of fused-ring (bicyclic) bond motifs is 1. The number of hydrogen-bond donors (Lipinski definition) is 0. The lowest BCUT2D eigenvalue weighted by Crippen LogP contribution is -2.08. The maximum Gasteiger partial charge on any atom is 0.309 e. The van der Waals surface area contributed by atoms with Gasteiger partial charge in [0.05, 0.1) is 10.4 Å². The zero-order valence-electron chi connectivity index (χ0n) is 8.37. The quantitative estimate of drug-likeness (QED) is 0.710. The summed E-state index contributed by atoms with van der Waals surface area (Å²) in [6.45, 7) is 3.92. The minimum Gasteiger partial charge on any atom is -0.286 e. The van der Waals surface area contributed by atoms with Gasteiger partial charge in [-0.3, -0.25) is 9.36 Å². The van der Waals surface area contributed by atoms with Crippen molar-refractivity contribution >= 4 is 21.7 Å². The second-order valence-electron chi connectivity index (χ2n) is 3.16. The molecule has 2 aromatic heterocycles. The van der Waals surface area contributed by atoms with E-state index in [1.54, 1.807) is 11.6 Å². The summed E-state index contributed by atoms with van der Waals surface area (Å²) in [5.41, 5.74) is 1.65. The van der Waals surface area contributed by atoms with Gasteiger partial charge in [0.2, 0.25) is 0 Å². The average molecular weight is 209 g/mol. The van der Waals surface area contributed by atoms with E-state index in [1.165, 1.54) is 11.3 Å². The number of thiazole rings is 1. The van der Waals surface area contributed by atoms with E-state index in [0.717, 1.165) is 28.3 Å². The summed E-state index contributed by atoms with van der Waals surface area (Å²) in [5.74, 6) is 0.795. The molecule has 0 unspecified atom stereocenters. The summed E-state index contributed by atoms with van der Waals surface area (Å²) >= 11 is 1.21. The van der Waals surface area contributed by atoms with Crippen LogP contribution in [0, 0.1) is 6.92 Å². The number of nitrogens with zero attached hydrogens (tertiary/aromatic N) is 3. The third-order valence-electron chi connectivity index (χ3n) is 2.16. The first-order chi connectivity index (χ1) is 6.63. The minimum atomic E-state index is 0.0191. The summed E-state index contributed by atoms with van der Waals surface area (Å²) in [6, 6.07) is 0. The zero-order chi connectivity index (χ0) is 10.3. The normalized spacial score (nSPS) is 11.1. The van der Waals surface area contributed by atoms with Gasteiger partial charge >= 0.3 is 4.87 Å². The molecular formula is C9H11N3OS. The second-order valence-corrected chi connectivity index (χ2v) is 4.12. The summed E-state index contributed by atoms with van der Waals surface area (Å²) in [4.78, 5) is 20.1. The molecule has 0 aliphatic heterocycles. The van der Waals surface area contributed by atoms with Gasteiger partial charge in [0.1, 0.15) is 5.82 Å². The lowest BCUT2D eigenvalue weighted by molar-refractivity contribution is 0.878. The molecular weight excluding hydrogens is 198 g/mol. The van der Waals surface area contributed by atoms with Crippen LogP contribution in [0.25, 0.3) is 10.3 Å². The first-order valence-corrected chi connectivity index (χ1v) is 5.28. The highest BCUT2D eigenvalue weighted by atomic mass is 32.1. The fourth-order valence-corrected chi connectivity index (χ4v) is 2.22. The summed E-state index contributed by atoms with van der Waals surface area (Å²) in [5, 5.41) is 0. The van der Waals surface area contributed by atoms with E-state index in [4.69, 9.17) is 0 Å². The van der Waals surface area contributed by atoms with Gasteiger partial charge in [-0.05, 0) is 6.92 Å². The van der Waals surface area contributed by atoms with E-state index in [9.17, 15) is 4.79 Å². The molecule has 0 bridgehead atoms. The fourth-order valence-electron chi connectivity index (χ4n) is 1.35. The highest BCUT2D eigenvalue weighted by Crippen LogP contribution is 2.17. The van der Waals surface area contributed by atoms with Crippen molar-refractivity contribution in [3.63, 3.8) is 0 Å². The maximum absolute atomic E-state index is 11.4. The monoisotopic (exact) mass is 209 g/mol. The molecule has 14 heavy (non-hydrogen) atoms. The van der Waals surface area contributed by atoms with E-state index in [0.29, 0.717) is 0 Å². The van der Waals surface area contributed by atoms with Crippen LogP contribution in [-0.2, 0) is 13.5 Å². The van der Waals surface area contributed by atoms with Crippen LogP contribution >= 0.6 is 11.3 Å². The zero-order valence-corrected chi connectivity index (χ0v) is 9.18. The Hall–Kier alpha value is -1.23. The number of rotatable bonds is 1. The molecule has 0 amide bonds. The lowest BCUT2D eigenvalue weighted by Gasteiger charge is -1.99. The van der Waals surface area contributed by atoms with E-state index in [-0.39, 0.29) is 4.87 Å². The van der Waals surface area contributed by atoms with Crippen molar-refractivity contribution in [3.8, 4) is 0 Å². The fraction of sp³-hybridized carbons (Fsp3) is 0.444. The van der Waals surface area contributed by atoms with Crippen molar-refractivity contribution in [2.75, 3.05) is 0 Å². The van der Waals surface area contributed by atoms with Crippen molar-refractivity contribution in [1.29, 1.82) is 0 Å². The van der Waals surface area contributed by atoms with E-state index < -0.39 is 0 Å². The van der Waals surface area contributed by atoms with Crippen molar-refractivity contribution in [3.05, 3.63) is 21.2 Å². The number of aryl methyl sites for hydroxylation is 3. The Labute approximate surface area is 85.2 Å². The maximum atomic E-state index is 11.4. The Morgan fingerprint density at radius 2 is 2.14 bits per heavy atom. The molecule has 5 heteroatoms. The van der Waals surface area contributed by atoms with E-state index in [1.807, 2.05) is 13.8 Å². The molecule has 0 aliphatic rings. The van der Waals surface area contributed by atoms with Gasteiger partial charge in [-0.15, -0.1) is 0 Å². The van der Waals surface area contributed by atoms with E-state index >= 15 is 0 Å². The Morgan fingerprint density at radius 3 is 2.79 bits per heavy atom. The molecule has 2 rings (SSSR count). The Morgan fingerprint density at radius 1 is 1.43 bits per heavy atom. The topological polar surface area (TPSA) is 47.8 Å². The van der Waals surface area contributed by atoms with Gasteiger partial charge in [-0.25, -0.2) is 9.97 Å². The summed E-state index contributed by atoms with van der Waals surface area (Å²) in [6.07, 6.45) is 0.792. The summed E-state index contributed by atoms with van der Waals surface area (Å²) < 4.78 is 2.48. The van der Waals surface area contributed by atoms with Gasteiger partial charge in [0.15, 0.2) is 5.65 Å². The SMILES string of the molecule is CCc1nc(C)c2sc(=O)n(C)c2n1. The van der Waals surface area contributed by atoms with Crippen molar-refractivity contribution in [1.82, 2.24) is 14.5 Å². The molecule has 0 saturated heterocycles. The molecule has 2 aromatic rings. The first kappa shape index (κ1) is 9.33. The van der Waals surface area contributed by atoms with Gasteiger partial charge in [-0.2, -0.15) is 0 Å².